The number of hydrogen-bond acceptors (Lipinski definition) is 8. The molecule has 166 valence electrons. The number of halogens is 6. The summed E-state index contributed by atoms with van der Waals surface area (Å²) in [7, 11) is 0. The third kappa shape index (κ3) is 4.14. The summed E-state index contributed by atoms with van der Waals surface area (Å²) >= 11 is 0. The van der Waals surface area contributed by atoms with Crippen LogP contribution in [0.5, 0.6) is 5.88 Å². The van der Waals surface area contributed by atoms with Gasteiger partial charge in [-0.15, -0.1) is 10.2 Å². The maximum Gasteiger partial charge on any atom is 0.426 e. The topological polar surface area (TPSA) is 128 Å². The average molecular weight is 442 g/mol. The second kappa shape index (κ2) is 7.58. The first-order chi connectivity index (χ1) is 13.8. The number of nitrogen functional groups attached to an aromatic ring is 1. The maximum atomic E-state index is 13.5. The second-order valence-electron chi connectivity index (χ2n) is 6.76. The lowest BCUT2D eigenvalue weighted by molar-refractivity contribution is -0.277. The van der Waals surface area contributed by atoms with Crippen molar-refractivity contribution in [1.82, 2.24) is 15.2 Å². The molecule has 4 N–H and O–H groups in total. The number of alkyl halides is 6. The van der Waals surface area contributed by atoms with Crippen molar-refractivity contribution in [2.75, 3.05) is 12.3 Å². The number of nitrogens with zero attached hydrogens (tertiary/aromatic N) is 3. The van der Waals surface area contributed by atoms with Crippen molar-refractivity contribution >= 4 is 5.69 Å². The first-order valence-electron chi connectivity index (χ1n) is 8.65. The molecule has 0 saturated heterocycles. The van der Waals surface area contributed by atoms with E-state index >= 15 is 0 Å². The van der Waals surface area contributed by atoms with Gasteiger partial charge in [0.1, 0.15) is 12.2 Å². The molecule has 0 aromatic carbocycles. The number of aliphatic hydroxyl groups is 2. The van der Waals surface area contributed by atoms with Crippen LogP contribution in [0.3, 0.4) is 0 Å². The summed E-state index contributed by atoms with van der Waals surface area (Å²) in [6.07, 6.45) is -12.5. The van der Waals surface area contributed by atoms with Gasteiger partial charge in [0.15, 0.2) is 5.69 Å². The Labute approximate surface area is 164 Å². The summed E-state index contributed by atoms with van der Waals surface area (Å²) in [5, 5.41) is 26.7. The van der Waals surface area contributed by atoms with Crippen molar-refractivity contribution in [2.24, 2.45) is 0 Å². The average Bonchev–Trinajstić information content (AvgIpc) is 3.11. The molecule has 0 radical (unpaired) electrons. The SMILES string of the molecule is Nc1cc(C(F)(F)F)c2nc1-c1nnc(o1)C(O)(C(F)(F)F)CCCCC(O)CO2. The monoisotopic (exact) mass is 442 g/mol. The molecule has 0 saturated carbocycles. The van der Waals surface area contributed by atoms with Crippen LogP contribution in [-0.4, -0.2) is 44.3 Å². The Morgan fingerprint density at radius 2 is 1.83 bits per heavy atom. The van der Waals surface area contributed by atoms with E-state index in [1.54, 1.807) is 0 Å². The van der Waals surface area contributed by atoms with Crippen LogP contribution >= 0.6 is 0 Å². The van der Waals surface area contributed by atoms with Crippen molar-refractivity contribution in [2.45, 2.75) is 49.7 Å². The minimum absolute atomic E-state index is 0.0104. The quantitative estimate of drug-likeness (QED) is 0.532. The zero-order valence-electron chi connectivity index (χ0n) is 15.1. The first kappa shape index (κ1) is 22.1. The number of ether oxygens (including phenoxy) is 1. The van der Waals surface area contributed by atoms with E-state index in [4.69, 9.17) is 14.9 Å². The van der Waals surface area contributed by atoms with Crippen LogP contribution in [0.2, 0.25) is 0 Å². The third-order valence-electron chi connectivity index (χ3n) is 4.51. The molecule has 30 heavy (non-hydrogen) atoms. The molecular formula is C16H16F6N4O4. The predicted octanol–water partition coefficient (Wildman–Crippen LogP) is 2.80. The van der Waals surface area contributed by atoms with Crippen molar-refractivity contribution in [1.29, 1.82) is 0 Å². The van der Waals surface area contributed by atoms with Crippen molar-refractivity contribution < 1.29 is 45.7 Å². The van der Waals surface area contributed by atoms with E-state index in [0.717, 1.165) is 0 Å². The number of hydrogen-bond donors (Lipinski definition) is 3. The van der Waals surface area contributed by atoms with E-state index in [-0.39, 0.29) is 19.3 Å². The van der Waals surface area contributed by atoms with Crippen LogP contribution in [0.25, 0.3) is 11.6 Å². The Balaban J connectivity index is 2.16. The van der Waals surface area contributed by atoms with Gasteiger partial charge in [0, 0.05) is 0 Å². The molecule has 2 aromatic rings. The Hall–Kier alpha value is -2.61. The van der Waals surface area contributed by atoms with Gasteiger partial charge in [-0.05, 0) is 25.3 Å². The van der Waals surface area contributed by atoms with E-state index in [1.807, 2.05) is 0 Å². The molecule has 3 heterocycles. The van der Waals surface area contributed by atoms with Gasteiger partial charge in [-0.3, -0.25) is 0 Å². The Morgan fingerprint density at radius 1 is 1.13 bits per heavy atom. The van der Waals surface area contributed by atoms with Crippen molar-refractivity contribution in [3.8, 4) is 17.5 Å². The fourth-order valence-electron chi connectivity index (χ4n) is 2.87. The Morgan fingerprint density at radius 3 is 2.47 bits per heavy atom. The number of nitrogens with two attached hydrogens (primary N) is 1. The first-order valence-corrected chi connectivity index (χ1v) is 8.65. The van der Waals surface area contributed by atoms with Gasteiger partial charge in [0.2, 0.25) is 11.5 Å². The standard InChI is InChI=1S/C16H16F6N4O4/c17-15(18,19)8-5-9(23)10-12-25-26-13(30-12)14(28,16(20,21)22)4-2-1-3-7(27)6-29-11(8)24-10/h5,7,27-28H,1-4,6,23H2. The molecule has 2 aromatic heterocycles. The highest BCUT2D eigenvalue weighted by atomic mass is 19.4. The second-order valence-corrected chi connectivity index (χ2v) is 6.76. The number of anilines is 1. The summed E-state index contributed by atoms with van der Waals surface area (Å²) in [6.45, 7) is -0.599. The summed E-state index contributed by atoms with van der Waals surface area (Å²) in [6, 6.07) is 0.454. The zero-order valence-corrected chi connectivity index (χ0v) is 15.1. The van der Waals surface area contributed by atoms with Gasteiger partial charge in [0.05, 0.1) is 11.8 Å². The fraction of sp³-hybridized carbons (Fsp3) is 0.562. The zero-order chi connectivity index (χ0) is 22.3. The molecule has 0 fully saturated rings. The van der Waals surface area contributed by atoms with Gasteiger partial charge in [0.25, 0.3) is 11.8 Å². The highest BCUT2D eigenvalue weighted by molar-refractivity contribution is 5.68. The number of rotatable bonds is 0. The molecule has 1 aliphatic heterocycles. The lowest BCUT2D eigenvalue weighted by Crippen LogP contribution is -2.42. The van der Waals surface area contributed by atoms with E-state index in [1.165, 1.54) is 0 Å². The Kier molecular flexibility index (Phi) is 5.58. The summed E-state index contributed by atoms with van der Waals surface area (Å²) < 4.78 is 90.3. The molecular weight excluding hydrogens is 426 g/mol. The van der Waals surface area contributed by atoms with E-state index in [2.05, 4.69) is 15.2 Å². The summed E-state index contributed by atoms with van der Waals surface area (Å²) in [5.41, 5.74) is -0.456. The smallest absolute Gasteiger partial charge is 0.426 e. The van der Waals surface area contributed by atoms with Crippen LogP contribution in [0.4, 0.5) is 32.0 Å². The molecule has 8 nitrogen and oxygen atoms in total. The van der Waals surface area contributed by atoms with Crippen LogP contribution < -0.4 is 10.5 Å². The number of aliphatic hydroxyl groups excluding tert-OH is 1. The molecule has 0 aliphatic carbocycles. The molecule has 1 aliphatic rings. The minimum atomic E-state index is -5.18. The van der Waals surface area contributed by atoms with Gasteiger partial charge in [-0.2, -0.15) is 26.3 Å². The normalized spacial score (nSPS) is 23.5. The molecule has 0 spiro atoms. The lowest BCUT2D eigenvalue weighted by atomic mass is 9.94. The Bertz CT molecular complexity index is 916. The number of aromatic nitrogens is 3. The fourth-order valence-corrected chi connectivity index (χ4v) is 2.87. The van der Waals surface area contributed by atoms with Gasteiger partial charge in [-0.25, -0.2) is 4.98 Å². The van der Waals surface area contributed by atoms with Crippen LogP contribution in [0.1, 0.15) is 37.1 Å². The predicted molar refractivity (Wildman–Crippen MR) is 86.9 cm³/mol. The van der Waals surface area contributed by atoms with Gasteiger partial charge >= 0.3 is 12.4 Å². The maximum absolute atomic E-state index is 13.5. The molecule has 3 rings (SSSR count). The number of fused-ring (bicyclic) bond motifs is 5. The van der Waals surface area contributed by atoms with Gasteiger partial charge < -0.3 is 25.1 Å². The highest BCUT2D eigenvalue weighted by Crippen LogP contribution is 2.44. The lowest BCUT2D eigenvalue weighted by Gasteiger charge is -2.27. The molecule has 0 amide bonds. The third-order valence-corrected chi connectivity index (χ3v) is 4.51. The van der Waals surface area contributed by atoms with Crippen molar-refractivity contribution in [3.05, 3.63) is 17.5 Å². The van der Waals surface area contributed by atoms with Gasteiger partial charge in [-0.1, -0.05) is 6.42 Å². The molecule has 2 unspecified atom stereocenters. The minimum Gasteiger partial charge on any atom is -0.474 e. The molecule has 14 heteroatoms. The van der Waals surface area contributed by atoms with Crippen LogP contribution in [0.15, 0.2) is 10.5 Å². The number of pyridine rings is 1. The van der Waals surface area contributed by atoms with E-state index < -0.39 is 71.7 Å². The van der Waals surface area contributed by atoms with E-state index in [9.17, 15) is 36.6 Å². The van der Waals surface area contributed by atoms with Crippen molar-refractivity contribution in [3.63, 3.8) is 0 Å². The molecule has 4 bridgehead atoms. The van der Waals surface area contributed by atoms with Crippen LogP contribution in [-0.2, 0) is 11.8 Å². The summed E-state index contributed by atoms with van der Waals surface area (Å²) in [5.74, 6) is -2.90. The highest BCUT2D eigenvalue weighted by Gasteiger charge is 2.58. The van der Waals surface area contributed by atoms with Crippen LogP contribution in [0, 0.1) is 0 Å². The molecule has 2 atom stereocenters. The largest absolute Gasteiger partial charge is 0.474 e. The summed E-state index contributed by atoms with van der Waals surface area (Å²) in [4.78, 5) is 3.58. The van der Waals surface area contributed by atoms with E-state index in [0.29, 0.717) is 6.07 Å².